The number of nitrogens with one attached hydrogen (secondary N) is 1. The molecular weight excluding hydrogens is 474 g/mol. The highest BCUT2D eigenvalue weighted by molar-refractivity contribution is 7.89. The first-order valence-electron chi connectivity index (χ1n) is 10.3. The molecule has 11 heteroatoms. The van der Waals surface area contributed by atoms with Gasteiger partial charge in [0.1, 0.15) is 0 Å². The van der Waals surface area contributed by atoms with E-state index >= 15 is 0 Å². The average molecular weight is 493 g/mol. The van der Waals surface area contributed by atoms with Crippen LogP contribution in [0.5, 0.6) is 0 Å². The molecule has 1 atom stereocenters. The van der Waals surface area contributed by atoms with E-state index in [9.17, 15) is 27.6 Å². The van der Waals surface area contributed by atoms with Crippen LogP contribution in [0.2, 0.25) is 0 Å². The molecule has 10 nitrogen and oxygen atoms in total. The fraction of sp³-hybridized carbons (Fsp3) is 0.0833. The summed E-state index contributed by atoms with van der Waals surface area (Å²) in [5.74, 6) is -2.33. The van der Waals surface area contributed by atoms with E-state index in [0.717, 1.165) is 4.90 Å². The lowest BCUT2D eigenvalue weighted by molar-refractivity contribution is -0.123. The number of rotatable bonds is 6. The molecule has 1 unspecified atom stereocenters. The van der Waals surface area contributed by atoms with Gasteiger partial charge in [-0.1, -0.05) is 12.1 Å². The maximum absolute atomic E-state index is 12.6. The molecule has 0 radical (unpaired) electrons. The first kappa shape index (κ1) is 23.8. The molecule has 0 bridgehead atoms. The van der Waals surface area contributed by atoms with Crippen LogP contribution in [0.15, 0.2) is 77.7 Å². The molecule has 3 aromatic carbocycles. The van der Waals surface area contributed by atoms with Crippen LogP contribution >= 0.6 is 0 Å². The Morgan fingerprint density at radius 1 is 0.886 bits per heavy atom. The zero-order chi connectivity index (χ0) is 25.3. The Bertz CT molecular complexity index is 1410. The number of sulfonamides is 1. The van der Waals surface area contributed by atoms with Crippen molar-refractivity contribution in [2.45, 2.75) is 17.9 Å². The number of benzene rings is 3. The Hall–Kier alpha value is -4.35. The largest absolute Gasteiger partial charge is 0.449 e. The number of fused-ring (bicyclic) bond motifs is 1. The van der Waals surface area contributed by atoms with Crippen molar-refractivity contribution in [3.05, 3.63) is 89.5 Å². The van der Waals surface area contributed by atoms with Gasteiger partial charge in [-0.25, -0.2) is 23.3 Å². The molecule has 1 aliphatic rings. The van der Waals surface area contributed by atoms with Gasteiger partial charge >= 0.3 is 5.97 Å². The Morgan fingerprint density at radius 2 is 1.43 bits per heavy atom. The van der Waals surface area contributed by atoms with Crippen molar-refractivity contribution in [3.8, 4) is 0 Å². The maximum Gasteiger partial charge on any atom is 0.338 e. The summed E-state index contributed by atoms with van der Waals surface area (Å²) >= 11 is 0. The molecule has 35 heavy (non-hydrogen) atoms. The van der Waals surface area contributed by atoms with Gasteiger partial charge in [0, 0.05) is 5.69 Å². The summed E-state index contributed by atoms with van der Waals surface area (Å²) in [6, 6.07) is 17.3. The SMILES string of the molecule is CC(OC(=O)c1ccc(N2C(=O)c3ccccc3C2=O)cc1)C(=O)Nc1ccc(S(N)(=O)=O)cc1. The lowest BCUT2D eigenvalue weighted by atomic mass is 10.1. The number of nitrogens with two attached hydrogens (primary N) is 1. The van der Waals surface area contributed by atoms with Gasteiger partial charge in [0.05, 0.1) is 27.3 Å². The third-order valence-corrected chi connectivity index (χ3v) is 6.19. The quantitative estimate of drug-likeness (QED) is 0.395. The second kappa shape index (κ2) is 9.12. The molecule has 0 aromatic heterocycles. The van der Waals surface area contributed by atoms with Gasteiger partial charge in [-0.3, -0.25) is 14.4 Å². The number of anilines is 2. The van der Waals surface area contributed by atoms with Gasteiger partial charge in [0.25, 0.3) is 17.7 Å². The average Bonchev–Trinajstić information content (AvgIpc) is 3.09. The number of ether oxygens (including phenoxy) is 1. The predicted octanol–water partition coefficient (Wildman–Crippen LogP) is 2.32. The summed E-state index contributed by atoms with van der Waals surface area (Å²) in [5.41, 5.74) is 1.31. The number of carbonyl (C=O) groups excluding carboxylic acids is 4. The van der Waals surface area contributed by atoms with E-state index in [1.54, 1.807) is 24.3 Å². The lowest BCUT2D eigenvalue weighted by Gasteiger charge is -2.16. The van der Waals surface area contributed by atoms with E-state index in [1.807, 2.05) is 0 Å². The molecule has 1 heterocycles. The van der Waals surface area contributed by atoms with Crippen LogP contribution in [0.4, 0.5) is 11.4 Å². The van der Waals surface area contributed by atoms with Crippen LogP contribution in [0, 0.1) is 0 Å². The summed E-state index contributed by atoms with van der Waals surface area (Å²) in [4.78, 5) is 50.9. The molecule has 3 aromatic rings. The zero-order valence-electron chi connectivity index (χ0n) is 18.3. The molecule has 4 rings (SSSR count). The molecule has 1 aliphatic heterocycles. The van der Waals surface area contributed by atoms with Crippen molar-refractivity contribution in [2.75, 3.05) is 10.2 Å². The topological polar surface area (TPSA) is 153 Å². The Balaban J connectivity index is 1.39. The molecule has 0 saturated carbocycles. The number of hydrogen-bond donors (Lipinski definition) is 2. The van der Waals surface area contributed by atoms with Crippen molar-refractivity contribution in [3.63, 3.8) is 0 Å². The van der Waals surface area contributed by atoms with Gasteiger partial charge < -0.3 is 10.1 Å². The standard InChI is InChI=1S/C24H19N3O7S/c1-14(21(28)26-16-8-12-18(13-9-16)35(25,32)33)34-24(31)15-6-10-17(11-7-15)27-22(29)19-4-2-3-5-20(19)23(27)30/h2-14H,1H3,(H,26,28)(H2,25,32,33). The molecule has 0 aliphatic carbocycles. The second-order valence-corrected chi connectivity index (χ2v) is 9.21. The van der Waals surface area contributed by atoms with Crippen molar-refractivity contribution < 1.29 is 32.3 Å². The highest BCUT2D eigenvalue weighted by Crippen LogP contribution is 2.28. The normalized spacial score (nSPS) is 13.8. The van der Waals surface area contributed by atoms with Gasteiger partial charge in [-0.15, -0.1) is 0 Å². The molecule has 3 amide bonds. The monoisotopic (exact) mass is 493 g/mol. The first-order valence-corrected chi connectivity index (χ1v) is 11.8. The van der Waals surface area contributed by atoms with Crippen LogP contribution in [0.1, 0.15) is 38.0 Å². The fourth-order valence-electron chi connectivity index (χ4n) is 3.42. The second-order valence-electron chi connectivity index (χ2n) is 7.64. The highest BCUT2D eigenvalue weighted by atomic mass is 32.2. The summed E-state index contributed by atoms with van der Waals surface area (Å²) in [6.07, 6.45) is -1.17. The van der Waals surface area contributed by atoms with Crippen LogP contribution in [0.3, 0.4) is 0 Å². The smallest absolute Gasteiger partial charge is 0.338 e. The van der Waals surface area contributed by atoms with E-state index in [2.05, 4.69) is 5.32 Å². The predicted molar refractivity (Wildman–Crippen MR) is 125 cm³/mol. The van der Waals surface area contributed by atoms with Crippen LogP contribution < -0.4 is 15.4 Å². The Kier molecular flexibility index (Phi) is 6.20. The Morgan fingerprint density at radius 3 is 1.94 bits per heavy atom. The molecule has 3 N–H and O–H groups in total. The van der Waals surface area contributed by atoms with Gasteiger partial charge in [0.15, 0.2) is 6.10 Å². The molecule has 0 fully saturated rings. The molecule has 0 saturated heterocycles. The third kappa shape index (κ3) is 4.81. The number of primary sulfonamides is 1. The van der Waals surface area contributed by atoms with Crippen molar-refractivity contribution in [1.29, 1.82) is 0 Å². The zero-order valence-corrected chi connectivity index (χ0v) is 19.1. The number of amides is 3. The van der Waals surface area contributed by atoms with Crippen LogP contribution in [0.25, 0.3) is 0 Å². The van der Waals surface area contributed by atoms with E-state index in [1.165, 1.54) is 55.5 Å². The van der Waals surface area contributed by atoms with Crippen molar-refractivity contribution in [2.24, 2.45) is 5.14 Å². The maximum atomic E-state index is 12.6. The lowest BCUT2D eigenvalue weighted by Crippen LogP contribution is -2.30. The van der Waals surface area contributed by atoms with Crippen LogP contribution in [-0.4, -0.2) is 38.2 Å². The number of nitrogens with zero attached hydrogens (tertiary/aromatic N) is 1. The molecule has 0 spiro atoms. The summed E-state index contributed by atoms with van der Waals surface area (Å²) in [7, 11) is -3.86. The molecular formula is C24H19N3O7S. The number of imide groups is 1. The first-order chi connectivity index (χ1) is 16.6. The molecule has 178 valence electrons. The fourth-order valence-corrected chi connectivity index (χ4v) is 3.94. The minimum atomic E-state index is -3.86. The third-order valence-electron chi connectivity index (χ3n) is 5.26. The van der Waals surface area contributed by atoms with E-state index in [-0.39, 0.29) is 16.1 Å². The number of hydrogen-bond acceptors (Lipinski definition) is 7. The Labute approximate surface area is 200 Å². The highest BCUT2D eigenvalue weighted by Gasteiger charge is 2.36. The van der Waals surface area contributed by atoms with E-state index < -0.39 is 39.8 Å². The van der Waals surface area contributed by atoms with Gasteiger partial charge in [-0.2, -0.15) is 0 Å². The van der Waals surface area contributed by atoms with Gasteiger partial charge in [0.2, 0.25) is 10.0 Å². The number of esters is 1. The van der Waals surface area contributed by atoms with Crippen molar-refractivity contribution in [1.82, 2.24) is 0 Å². The summed E-state index contributed by atoms with van der Waals surface area (Å²) in [5, 5.41) is 7.54. The van der Waals surface area contributed by atoms with Gasteiger partial charge in [-0.05, 0) is 67.6 Å². The summed E-state index contributed by atoms with van der Waals surface area (Å²) < 4.78 is 27.8. The van der Waals surface area contributed by atoms with E-state index in [0.29, 0.717) is 16.8 Å². The van der Waals surface area contributed by atoms with E-state index in [4.69, 9.17) is 9.88 Å². The van der Waals surface area contributed by atoms with Crippen molar-refractivity contribution >= 4 is 45.1 Å². The minimum absolute atomic E-state index is 0.111. The van der Waals surface area contributed by atoms with Crippen LogP contribution in [-0.2, 0) is 19.6 Å². The summed E-state index contributed by atoms with van der Waals surface area (Å²) in [6.45, 7) is 1.37. The minimum Gasteiger partial charge on any atom is -0.449 e. The number of carbonyl (C=O) groups is 4.